The van der Waals surface area contributed by atoms with Crippen molar-refractivity contribution in [2.24, 2.45) is 0 Å². The van der Waals surface area contributed by atoms with E-state index < -0.39 is 0 Å². The molecular formula is C22H21N3O2. The van der Waals surface area contributed by atoms with E-state index in [1.165, 1.54) is 18.7 Å². The summed E-state index contributed by atoms with van der Waals surface area (Å²) in [5, 5.41) is 6.05. The Morgan fingerprint density at radius 3 is 2.33 bits per heavy atom. The van der Waals surface area contributed by atoms with Gasteiger partial charge in [0.1, 0.15) is 0 Å². The fraction of sp³-hybridized carbons (Fsp3) is 0.136. The third kappa shape index (κ3) is 4.79. The van der Waals surface area contributed by atoms with E-state index in [1.54, 1.807) is 24.4 Å². The monoisotopic (exact) mass is 359 g/mol. The van der Waals surface area contributed by atoms with Crippen molar-refractivity contribution in [2.75, 3.05) is 10.6 Å². The van der Waals surface area contributed by atoms with E-state index in [9.17, 15) is 9.59 Å². The summed E-state index contributed by atoms with van der Waals surface area (Å²) in [7, 11) is 0. The van der Waals surface area contributed by atoms with Crippen LogP contribution in [0.2, 0.25) is 0 Å². The highest BCUT2D eigenvalue weighted by molar-refractivity contribution is 6.04. The van der Waals surface area contributed by atoms with E-state index in [1.807, 2.05) is 36.4 Å². The Labute approximate surface area is 158 Å². The Kier molecular flexibility index (Phi) is 5.61. The summed E-state index contributed by atoms with van der Waals surface area (Å²) in [6.07, 6.45) is 4.11. The summed E-state index contributed by atoms with van der Waals surface area (Å²) < 4.78 is 0. The number of aryl methyl sites for hydroxylation is 1. The van der Waals surface area contributed by atoms with Crippen LogP contribution in [0.4, 0.5) is 17.1 Å². The molecule has 0 aliphatic rings. The number of hydrogen-bond acceptors (Lipinski definition) is 4. The van der Waals surface area contributed by atoms with E-state index in [2.05, 4.69) is 22.5 Å². The van der Waals surface area contributed by atoms with Crippen LogP contribution in [-0.4, -0.2) is 16.7 Å². The van der Waals surface area contributed by atoms with Gasteiger partial charge in [-0.15, -0.1) is 0 Å². The van der Waals surface area contributed by atoms with Crippen molar-refractivity contribution >= 4 is 28.8 Å². The normalized spacial score (nSPS) is 10.3. The summed E-state index contributed by atoms with van der Waals surface area (Å²) in [6, 6.07) is 16.7. The van der Waals surface area contributed by atoms with E-state index in [-0.39, 0.29) is 11.7 Å². The molecule has 3 rings (SSSR count). The Balaban J connectivity index is 1.73. The van der Waals surface area contributed by atoms with Crippen LogP contribution in [0.5, 0.6) is 0 Å². The minimum absolute atomic E-state index is 0.000930. The zero-order valence-corrected chi connectivity index (χ0v) is 15.3. The fourth-order valence-electron chi connectivity index (χ4n) is 2.64. The lowest BCUT2D eigenvalue weighted by Gasteiger charge is -2.10. The molecule has 5 heteroatoms. The predicted octanol–water partition coefficient (Wildman–Crippen LogP) is 4.84. The van der Waals surface area contributed by atoms with E-state index in [0.29, 0.717) is 16.8 Å². The van der Waals surface area contributed by atoms with Gasteiger partial charge in [0.2, 0.25) is 0 Å². The number of nitrogens with one attached hydrogen (secondary N) is 2. The molecule has 5 nitrogen and oxygen atoms in total. The van der Waals surface area contributed by atoms with E-state index in [0.717, 1.165) is 17.8 Å². The lowest BCUT2D eigenvalue weighted by molar-refractivity contribution is 0.101. The van der Waals surface area contributed by atoms with Crippen molar-refractivity contribution in [3.05, 3.63) is 83.7 Å². The van der Waals surface area contributed by atoms with Gasteiger partial charge in [0, 0.05) is 23.1 Å². The molecule has 136 valence electrons. The average Bonchev–Trinajstić information content (AvgIpc) is 2.69. The van der Waals surface area contributed by atoms with Gasteiger partial charge < -0.3 is 10.6 Å². The topological polar surface area (TPSA) is 71.1 Å². The zero-order valence-electron chi connectivity index (χ0n) is 15.3. The molecule has 0 aliphatic heterocycles. The van der Waals surface area contributed by atoms with Crippen molar-refractivity contribution in [1.29, 1.82) is 0 Å². The highest BCUT2D eigenvalue weighted by Crippen LogP contribution is 2.19. The first-order chi connectivity index (χ1) is 13.0. The number of carbonyl (C=O) groups is 2. The smallest absolute Gasteiger partial charge is 0.257 e. The van der Waals surface area contributed by atoms with Crippen LogP contribution in [0, 0.1) is 0 Å². The van der Waals surface area contributed by atoms with Gasteiger partial charge in [-0.3, -0.25) is 14.6 Å². The fourth-order valence-corrected chi connectivity index (χ4v) is 2.64. The molecule has 3 aromatic rings. The summed E-state index contributed by atoms with van der Waals surface area (Å²) in [5.41, 5.74) is 4.46. The summed E-state index contributed by atoms with van der Waals surface area (Å²) in [5.74, 6) is -0.230. The van der Waals surface area contributed by atoms with Crippen molar-refractivity contribution in [1.82, 2.24) is 4.98 Å². The Morgan fingerprint density at radius 1 is 0.889 bits per heavy atom. The van der Waals surface area contributed by atoms with Gasteiger partial charge in [0.05, 0.1) is 17.4 Å². The van der Waals surface area contributed by atoms with Crippen LogP contribution in [0.15, 0.2) is 67.0 Å². The van der Waals surface area contributed by atoms with Crippen LogP contribution >= 0.6 is 0 Å². The number of aromatic nitrogens is 1. The second-order valence-electron chi connectivity index (χ2n) is 6.23. The molecule has 0 atom stereocenters. The molecule has 27 heavy (non-hydrogen) atoms. The van der Waals surface area contributed by atoms with E-state index in [4.69, 9.17) is 0 Å². The van der Waals surface area contributed by atoms with Crippen LogP contribution in [0.1, 0.15) is 40.1 Å². The van der Waals surface area contributed by atoms with Gasteiger partial charge in [-0.1, -0.05) is 31.2 Å². The summed E-state index contributed by atoms with van der Waals surface area (Å²) in [4.78, 5) is 28.1. The first kappa shape index (κ1) is 18.3. The number of Topliss-reactive ketones (excluding diaryl/α,β-unsaturated/α-hetero) is 1. The Bertz CT molecular complexity index is 965. The van der Waals surface area contributed by atoms with Crippen LogP contribution in [0.3, 0.4) is 0 Å². The number of hydrogen-bond donors (Lipinski definition) is 2. The number of pyridine rings is 1. The molecule has 1 aromatic heterocycles. The maximum Gasteiger partial charge on any atom is 0.257 e. The third-order valence-electron chi connectivity index (χ3n) is 4.18. The molecular weight excluding hydrogens is 338 g/mol. The zero-order chi connectivity index (χ0) is 19.2. The molecule has 0 bridgehead atoms. The maximum absolute atomic E-state index is 12.5. The quantitative estimate of drug-likeness (QED) is 0.618. The molecule has 1 heterocycles. The summed E-state index contributed by atoms with van der Waals surface area (Å²) >= 11 is 0. The molecule has 0 unspecified atom stereocenters. The number of rotatable bonds is 6. The number of nitrogens with zero attached hydrogens (tertiary/aromatic N) is 1. The minimum Gasteiger partial charge on any atom is -0.354 e. The van der Waals surface area contributed by atoms with Gasteiger partial charge in [0.25, 0.3) is 5.91 Å². The van der Waals surface area contributed by atoms with Crippen LogP contribution in [0.25, 0.3) is 0 Å². The summed E-state index contributed by atoms with van der Waals surface area (Å²) in [6.45, 7) is 3.61. The standard InChI is InChI=1S/C22H21N3O2/c1-3-16-7-9-19(10-8-16)25-22(27)18-12-21(14-23-13-18)24-20-6-4-5-17(11-20)15(2)26/h4-14,24H,3H2,1-2H3,(H,25,27). The molecule has 0 saturated heterocycles. The molecule has 0 saturated carbocycles. The maximum atomic E-state index is 12.5. The van der Waals surface area contributed by atoms with Gasteiger partial charge >= 0.3 is 0 Å². The largest absolute Gasteiger partial charge is 0.354 e. The molecule has 0 fully saturated rings. The number of amides is 1. The van der Waals surface area contributed by atoms with Crippen molar-refractivity contribution in [2.45, 2.75) is 20.3 Å². The Morgan fingerprint density at radius 2 is 1.63 bits per heavy atom. The van der Waals surface area contributed by atoms with Crippen LogP contribution in [-0.2, 0) is 6.42 Å². The predicted molar refractivity (Wildman–Crippen MR) is 108 cm³/mol. The molecule has 0 radical (unpaired) electrons. The SMILES string of the molecule is CCc1ccc(NC(=O)c2cncc(Nc3cccc(C(C)=O)c3)c2)cc1. The molecule has 1 amide bonds. The van der Waals surface area contributed by atoms with Crippen LogP contribution < -0.4 is 10.6 Å². The molecule has 2 aromatic carbocycles. The molecule has 0 aliphatic carbocycles. The van der Waals surface area contributed by atoms with Crippen molar-refractivity contribution in [3.8, 4) is 0 Å². The lowest BCUT2D eigenvalue weighted by Crippen LogP contribution is -2.12. The van der Waals surface area contributed by atoms with Gasteiger partial charge in [-0.05, 0) is 49.2 Å². The highest BCUT2D eigenvalue weighted by atomic mass is 16.1. The van der Waals surface area contributed by atoms with Gasteiger partial charge in [-0.25, -0.2) is 0 Å². The third-order valence-corrected chi connectivity index (χ3v) is 4.18. The van der Waals surface area contributed by atoms with E-state index >= 15 is 0 Å². The number of benzene rings is 2. The number of ketones is 1. The number of carbonyl (C=O) groups excluding carboxylic acids is 2. The van der Waals surface area contributed by atoms with Gasteiger partial charge in [0.15, 0.2) is 5.78 Å². The molecule has 0 spiro atoms. The van der Waals surface area contributed by atoms with Crippen molar-refractivity contribution < 1.29 is 9.59 Å². The lowest BCUT2D eigenvalue weighted by atomic mass is 10.1. The first-order valence-corrected chi connectivity index (χ1v) is 8.78. The second-order valence-corrected chi connectivity index (χ2v) is 6.23. The molecule has 2 N–H and O–H groups in total. The Hall–Kier alpha value is -3.47. The second kappa shape index (κ2) is 8.27. The van der Waals surface area contributed by atoms with Gasteiger partial charge in [-0.2, -0.15) is 0 Å². The first-order valence-electron chi connectivity index (χ1n) is 8.78. The average molecular weight is 359 g/mol. The highest BCUT2D eigenvalue weighted by Gasteiger charge is 2.08. The number of anilines is 3. The minimum atomic E-state index is -0.229. The van der Waals surface area contributed by atoms with Crippen molar-refractivity contribution in [3.63, 3.8) is 0 Å².